The number of halogens is 1. The molecule has 0 aliphatic heterocycles. The predicted molar refractivity (Wildman–Crippen MR) is 88.3 cm³/mol. The molecule has 3 aromatic rings. The van der Waals surface area contributed by atoms with Crippen LogP contribution in [0, 0.1) is 0 Å². The SMILES string of the molecule is C[C@H](NC(=O)CCc1ccco1)c1noc(-c2ccc(Cl)cc2)n1. The molecule has 0 spiro atoms. The highest BCUT2D eigenvalue weighted by atomic mass is 35.5. The van der Waals surface area contributed by atoms with Crippen LogP contribution in [0.4, 0.5) is 0 Å². The van der Waals surface area contributed by atoms with Gasteiger partial charge in [-0.3, -0.25) is 4.79 Å². The molecule has 0 aliphatic rings. The number of aromatic nitrogens is 2. The molecule has 2 heterocycles. The highest BCUT2D eigenvalue weighted by Crippen LogP contribution is 2.21. The van der Waals surface area contributed by atoms with Gasteiger partial charge in [0.1, 0.15) is 5.76 Å². The van der Waals surface area contributed by atoms with Gasteiger partial charge in [0.15, 0.2) is 5.82 Å². The number of hydrogen-bond donors (Lipinski definition) is 1. The Morgan fingerprint density at radius 2 is 2.08 bits per heavy atom. The summed E-state index contributed by atoms with van der Waals surface area (Å²) in [5.74, 6) is 1.49. The van der Waals surface area contributed by atoms with Crippen molar-refractivity contribution in [2.45, 2.75) is 25.8 Å². The van der Waals surface area contributed by atoms with Gasteiger partial charge in [-0.05, 0) is 43.3 Å². The summed E-state index contributed by atoms with van der Waals surface area (Å²) < 4.78 is 10.4. The van der Waals surface area contributed by atoms with E-state index in [1.165, 1.54) is 0 Å². The van der Waals surface area contributed by atoms with Gasteiger partial charge in [-0.25, -0.2) is 0 Å². The monoisotopic (exact) mass is 345 g/mol. The summed E-state index contributed by atoms with van der Waals surface area (Å²) in [6, 6.07) is 10.4. The number of carbonyl (C=O) groups excluding carboxylic acids is 1. The molecule has 2 aromatic heterocycles. The van der Waals surface area contributed by atoms with E-state index in [0.717, 1.165) is 11.3 Å². The summed E-state index contributed by atoms with van der Waals surface area (Å²) in [6.07, 6.45) is 2.47. The average molecular weight is 346 g/mol. The Morgan fingerprint density at radius 3 is 2.79 bits per heavy atom. The fourth-order valence-electron chi connectivity index (χ4n) is 2.19. The minimum absolute atomic E-state index is 0.100. The van der Waals surface area contributed by atoms with Gasteiger partial charge in [0.2, 0.25) is 5.91 Å². The van der Waals surface area contributed by atoms with E-state index < -0.39 is 0 Å². The molecule has 0 fully saturated rings. The molecule has 1 N–H and O–H groups in total. The largest absolute Gasteiger partial charge is 0.469 e. The Kier molecular flexibility index (Phi) is 4.96. The zero-order valence-corrected chi connectivity index (χ0v) is 13.8. The molecule has 7 heteroatoms. The lowest BCUT2D eigenvalue weighted by Gasteiger charge is -2.09. The van der Waals surface area contributed by atoms with E-state index in [2.05, 4.69) is 15.5 Å². The first-order chi connectivity index (χ1) is 11.6. The topological polar surface area (TPSA) is 81.2 Å². The van der Waals surface area contributed by atoms with Gasteiger partial charge in [-0.15, -0.1) is 0 Å². The van der Waals surface area contributed by atoms with Crippen LogP contribution in [0.2, 0.25) is 5.02 Å². The van der Waals surface area contributed by atoms with E-state index in [-0.39, 0.29) is 11.9 Å². The molecule has 1 amide bonds. The summed E-state index contributed by atoms with van der Waals surface area (Å²) in [4.78, 5) is 16.3. The normalized spacial score (nSPS) is 12.1. The van der Waals surface area contributed by atoms with Crippen LogP contribution in [0.25, 0.3) is 11.5 Å². The van der Waals surface area contributed by atoms with Crippen LogP contribution in [0.1, 0.15) is 31.0 Å². The summed E-state index contributed by atoms with van der Waals surface area (Å²) in [6.45, 7) is 1.81. The van der Waals surface area contributed by atoms with E-state index in [0.29, 0.717) is 29.6 Å². The van der Waals surface area contributed by atoms with Crippen molar-refractivity contribution in [3.63, 3.8) is 0 Å². The highest BCUT2D eigenvalue weighted by Gasteiger charge is 2.17. The van der Waals surface area contributed by atoms with Gasteiger partial charge in [0.25, 0.3) is 5.89 Å². The van der Waals surface area contributed by atoms with Crippen molar-refractivity contribution in [3.05, 3.63) is 59.3 Å². The molecule has 0 bridgehead atoms. The van der Waals surface area contributed by atoms with Gasteiger partial charge in [0.05, 0.1) is 12.3 Å². The fraction of sp³-hybridized carbons (Fsp3) is 0.235. The molecule has 1 atom stereocenters. The second kappa shape index (κ2) is 7.31. The number of amides is 1. The maximum Gasteiger partial charge on any atom is 0.257 e. The van der Waals surface area contributed by atoms with Crippen molar-refractivity contribution in [2.75, 3.05) is 0 Å². The first-order valence-corrected chi connectivity index (χ1v) is 7.91. The quantitative estimate of drug-likeness (QED) is 0.735. The lowest BCUT2D eigenvalue weighted by molar-refractivity contribution is -0.121. The van der Waals surface area contributed by atoms with Gasteiger partial charge >= 0.3 is 0 Å². The van der Waals surface area contributed by atoms with Gasteiger partial charge in [-0.1, -0.05) is 16.8 Å². The lowest BCUT2D eigenvalue weighted by Crippen LogP contribution is -2.27. The third-order valence-electron chi connectivity index (χ3n) is 3.48. The van der Waals surface area contributed by atoms with Crippen LogP contribution in [0.15, 0.2) is 51.6 Å². The number of benzene rings is 1. The highest BCUT2D eigenvalue weighted by molar-refractivity contribution is 6.30. The number of aryl methyl sites for hydroxylation is 1. The molecule has 3 rings (SSSR count). The second-order valence-electron chi connectivity index (χ2n) is 5.33. The number of nitrogens with zero attached hydrogens (tertiary/aromatic N) is 2. The molecule has 0 unspecified atom stereocenters. The molecular weight excluding hydrogens is 330 g/mol. The zero-order chi connectivity index (χ0) is 16.9. The number of carbonyl (C=O) groups is 1. The standard InChI is InChI=1S/C17H16ClN3O3/c1-11(19-15(22)9-8-14-3-2-10-23-14)16-20-17(24-21-16)12-4-6-13(18)7-5-12/h2-7,10-11H,8-9H2,1H3,(H,19,22)/t11-/m0/s1. The van der Waals surface area contributed by atoms with Gasteiger partial charge < -0.3 is 14.3 Å². The van der Waals surface area contributed by atoms with E-state index in [1.54, 1.807) is 43.5 Å². The van der Waals surface area contributed by atoms with E-state index in [1.807, 2.05) is 6.07 Å². The molecule has 24 heavy (non-hydrogen) atoms. The van der Waals surface area contributed by atoms with Crippen LogP contribution in [0.5, 0.6) is 0 Å². The minimum atomic E-state index is -0.348. The maximum absolute atomic E-state index is 12.0. The molecule has 1 aromatic carbocycles. The van der Waals surface area contributed by atoms with E-state index >= 15 is 0 Å². The van der Waals surface area contributed by atoms with Crippen molar-refractivity contribution >= 4 is 17.5 Å². The molecule has 0 radical (unpaired) electrons. The van der Waals surface area contributed by atoms with Crippen LogP contribution < -0.4 is 5.32 Å². The number of furan rings is 1. The lowest BCUT2D eigenvalue weighted by atomic mass is 10.2. The van der Waals surface area contributed by atoms with Crippen molar-refractivity contribution in [2.24, 2.45) is 0 Å². The summed E-state index contributed by atoms with van der Waals surface area (Å²) in [5.41, 5.74) is 0.773. The van der Waals surface area contributed by atoms with Crippen molar-refractivity contribution in [1.82, 2.24) is 15.5 Å². The Morgan fingerprint density at radius 1 is 1.29 bits per heavy atom. The van der Waals surface area contributed by atoms with Crippen LogP contribution in [-0.2, 0) is 11.2 Å². The van der Waals surface area contributed by atoms with Gasteiger partial charge in [-0.2, -0.15) is 4.98 Å². The third-order valence-corrected chi connectivity index (χ3v) is 3.73. The third kappa shape index (κ3) is 4.02. The average Bonchev–Trinajstić information content (AvgIpc) is 3.25. The van der Waals surface area contributed by atoms with Crippen LogP contribution >= 0.6 is 11.6 Å². The van der Waals surface area contributed by atoms with Crippen LogP contribution in [0.3, 0.4) is 0 Å². The minimum Gasteiger partial charge on any atom is -0.469 e. The predicted octanol–water partition coefficient (Wildman–Crippen LogP) is 3.79. The van der Waals surface area contributed by atoms with E-state index in [9.17, 15) is 4.79 Å². The number of hydrogen-bond acceptors (Lipinski definition) is 5. The Labute approximate surface area is 143 Å². The molecule has 0 saturated heterocycles. The molecule has 124 valence electrons. The Hall–Kier alpha value is -2.60. The molecule has 0 saturated carbocycles. The first-order valence-electron chi connectivity index (χ1n) is 7.53. The Bertz CT molecular complexity index is 797. The Balaban J connectivity index is 1.58. The molecule has 0 aliphatic carbocycles. The smallest absolute Gasteiger partial charge is 0.257 e. The number of rotatable bonds is 6. The summed E-state index contributed by atoms with van der Waals surface area (Å²) >= 11 is 5.86. The zero-order valence-electron chi connectivity index (χ0n) is 13.0. The summed E-state index contributed by atoms with van der Waals surface area (Å²) in [5, 5.41) is 7.41. The summed E-state index contributed by atoms with van der Waals surface area (Å²) in [7, 11) is 0. The van der Waals surface area contributed by atoms with Crippen LogP contribution in [-0.4, -0.2) is 16.0 Å². The maximum atomic E-state index is 12.0. The van der Waals surface area contributed by atoms with E-state index in [4.69, 9.17) is 20.5 Å². The second-order valence-corrected chi connectivity index (χ2v) is 5.77. The van der Waals surface area contributed by atoms with Gasteiger partial charge in [0, 0.05) is 23.4 Å². The number of nitrogens with one attached hydrogen (secondary N) is 1. The first kappa shape index (κ1) is 16.3. The van der Waals surface area contributed by atoms with Crippen molar-refractivity contribution < 1.29 is 13.7 Å². The van der Waals surface area contributed by atoms with Crippen molar-refractivity contribution in [3.8, 4) is 11.5 Å². The molecular formula is C17H16ClN3O3. The molecule has 6 nitrogen and oxygen atoms in total. The van der Waals surface area contributed by atoms with Crippen molar-refractivity contribution in [1.29, 1.82) is 0 Å². The fourth-order valence-corrected chi connectivity index (χ4v) is 2.32.